The smallest absolute Gasteiger partial charge is 0.348 e. The summed E-state index contributed by atoms with van der Waals surface area (Å²) in [5, 5.41) is 13.2. The molecule has 2 N–H and O–H groups in total. The molecule has 0 unspecified atom stereocenters. The number of carboxylic acid groups (broad SMARTS) is 1. The van der Waals surface area contributed by atoms with Crippen molar-refractivity contribution in [1.82, 2.24) is 0 Å². The number of nitrogens with one attached hydrogen (secondary N) is 1. The third kappa shape index (κ3) is 2.56. The third-order valence-corrected chi connectivity index (χ3v) is 3.03. The molecule has 15 heavy (non-hydrogen) atoms. The van der Waals surface area contributed by atoms with Crippen molar-refractivity contribution in [3.8, 4) is 0 Å². The largest absolute Gasteiger partial charge is 0.477 e. The van der Waals surface area contributed by atoms with E-state index >= 15 is 0 Å². The molecule has 82 valence electrons. The fraction of sp³-hybridized carbons (Fsp3) is 0.400. The van der Waals surface area contributed by atoms with Crippen LogP contribution in [-0.2, 0) is 4.79 Å². The molecule has 0 aliphatic heterocycles. The highest BCUT2D eigenvalue weighted by molar-refractivity contribution is 7.12. The summed E-state index contributed by atoms with van der Waals surface area (Å²) in [5.74, 6) is -1.34. The van der Waals surface area contributed by atoms with E-state index < -0.39 is 5.97 Å². The topological polar surface area (TPSA) is 66.4 Å². The van der Waals surface area contributed by atoms with Gasteiger partial charge in [-0.15, -0.1) is 11.3 Å². The molecular formula is C10H13NO3S. The van der Waals surface area contributed by atoms with Crippen LogP contribution in [0.1, 0.15) is 29.1 Å². The molecule has 0 spiro atoms. The molecule has 1 aromatic heterocycles. The first-order valence-electron chi connectivity index (χ1n) is 4.55. The SMILES string of the molecule is Cc1csc(C(=O)O)c1NC(=O)C(C)C. The minimum absolute atomic E-state index is 0.161. The van der Waals surface area contributed by atoms with Gasteiger partial charge in [0, 0.05) is 5.92 Å². The molecule has 0 saturated heterocycles. The monoisotopic (exact) mass is 227 g/mol. The first-order valence-corrected chi connectivity index (χ1v) is 5.43. The van der Waals surface area contributed by atoms with Crippen LogP contribution in [0.3, 0.4) is 0 Å². The molecule has 1 heterocycles. The van der Waals surface area contributed by atoms with E-state index in [1.54, 1.807) is 26.2 Å². The van der Waals surface area contributed by atoms with E-state index in [0.717, 1.165) is 16.9 Å². The van der Waals surface area contributed by atoms with Crippen molar-refractivity contribution >= 4 is 28.9 Å². The van der Waals surface area contributed by atoms with Crippen LogP contribution in [0.25, 0.3) is 0 Å². The molecule has 1 amide bonds. The maximum absolute atomic E-state index is 11.4. The Balaban J connectivity index is 2.98. The van der Waals surface area contributed by atoms with E-state index in [-0.39, 0.29) is 16.7 Å². The number of carboxylic acids is 1. The van der Waals surface area contributed by atoms with Crippen molar-refractivity contribution in [2.45, 2.75) is 20.8 Å². The molecule has 0 aromatic carbocycles. The van der Waals surface area contributed by atoms with E-state index in [9.17, 15) is 9.59 Å². The molecule has 1 aromatic rings. The van der Waals surface area contributed by atoms with Crippen LogP contribution < -0.4 is 5.32 Å². The first-order chi connectivity index (χ1) is 6.93. The molecule has 5 heteroatoms. The number of hydrogen-bond acceptors (Lipinski definition) is 3. The lowest BCUT2D eigenvalue weighted by Crippen LogP contribution is -2.19. The molecule has 1 rings (SSSR count). The number of aryl methyl sites for hydroxylation is 1. The van der Waals surface area contributed by atoms with E-state index in [2.05, 4.69) is 5.32 Å². The number of rotatable bonds is 3. The summed E-state index contributed by atoms with van der Waals surface area (Å²) in [4.78, 5) is 22.5. The van der Waals surface area contributed by atoms with Crippen LogP contribution >= 0.6 is 11.3 Å². The molecule has 0 saturated carbocycles. The zero-order chi connectivity index (χ0) is 11.6. The van der Waals surface area contributed by atoms with Crippen molar-refractivity contribution in [3.63, 3.8) is 0 Å². The van der Waals surface area contributed by atoms with Gasteiger partial charge in [-0.3, -0.25) is 4.79 Å². The van der Waals surface area contributed by atoms with E-state index in [1.807, 2.05) is 0 Å². The average Bonchev–Trinajstić information content (AvgIpc) is 2.48. The zero-order valence-electron chi connectivity index (χ0n) is 8.83. The standard InChI is InChI=1S/C10H13NO3S/c1-5(2)9(12)11-7-6(3)4-15-8(7)10(13)14/h4-5H,1-3H3,(H,11,12)(H,13,14). The van der Waals surface area contributed by atoms with Gasteiger partial charge in [-0.2, -0.15) is 0 Å². The molecule has 0 radical (unpaired) electrons. The van der Waals surface area contributed by atoms with Crippen LogP contribution in [0.5, 0.6) is 0 Å². The van der Waals surface area contributed by atoms with Gasteiger partial charge in [0.05, 0.1) is 5.69 Å². The zero-order valence-corrected chi connectivity index (χ0v) is 9.64. The third-order valence-electron chi connectivity index (χ3n) is 1.94. The van der Waals surface area contributed by atoms with Gasteiger partial charge in [0.25, 0.3) is 0 Å². The lowest BCUT2D eigenvalue weighted by atomic mass is 10.2. The fourth-order valence-electron chi connectivity index (χ4n) is 1.02. The molecule has 0 fully saturated rings. The lowest BCUT2D eigenvalue weighted by molar-refractivity contribution is -0.118. The maximum atomic E-state index is 11.4. The summed E-state index contributed by atoms with van der Waals surface area (Å²) in [6.07, 6.45) is 0. The predicted molar refractivity (Wildman–Crippen MR) is 59.5 cm³/mol. The number of anilines is 1. The summed E-state index contributed by atoms with van der Waals surface area (Å²) in [5.41, 5.74) is 1.21. The van der Waals surface area contributed by atoms with Crippen LogP contribution in [0.4, 0.5) is 5.69 Å². The average molecular weight is 227 g/mol. The van der Waals surface area contributed by atoms with Gasteiger partial charge in [-0.25, -0.2) is 4.79 Å². The number of carbonyl (C=O) groups excluding carboxylic acids is 1. The normalized spacial score (nSPS) is 10.4. The molecule has 0 aliphatic carbocycles. The summed E-state index contributed by atoms with van der Waals surface area (Å²) in [7, 11) is 0. The highest BCUT2D eigenvalue weighted by Crippen LogP contribution is 2.27. The van der Waals surface area contributed by atoms with Crippen LogP contribution in [-0.4, -0.2) is 17.0 Å². The molecule has 4 nitrogen and oxygen atoms in total. The molecule has 0 bridgehead atoms. The predicted octanol–water partition coefficient (Wildman–Crippen LogP) is 2.35. The van der Waals surface area contributed by atoms with E-state index in [1.165, 1.54) is 0 Å². The van der Waals surface area contributed by atoms with Crippen LogP contribution in [0, 0.1) is 12.8 Å². The Kier molecular flexibility index (Phi) is 3.47. The summed E-state index contributed by atoms with van der Waals surface area (Å²) >= 11 is 1.12. The Labute approximate surface area is 91.9 Å². The Morgan fingerprint density at radius 3 is 2.53 bits per heavy atom. The van der Waals surface area contributed by atoms with Gasteiger partial charge in [-0.05, 0) is 17.9 Å². The van der Waals surface area contributed by atoms with Gasteiger partial charge in [-0.1, -0.05) is 13.8 Å². The maximum Gasteiger partial charge on any atom is 0.348 e. The Bertz CT molecular complexity index is 395. The second kappa shape index (κ2) is 4.44. The van der Waals surface area contributed by atoms with Gasteiger partial charge in [0.2, 0.25) is 5.91 Å². The number of amides is 1. The summed E-state index contributed by atoms with van der Waals surface area (Å²) in [6, 6.07) is 0. The van der Waals surface area contributed by atoms with Gasteiger partial charge < -0.3 is 10.4 Å². The minimum atomic E-state index is -1.01. The second-order valence-electron chi connectivity index (χ2n) is 3.57. The number of carbonyl (C=O) groups is 2. The van der Waals surface area contributed by atoms with Crippen molar-refractivity contribution < 1.29 is 14.7 Å². The summed E-state index contributed by atoms with van der Waals surface area (Å²) in [6.45, 7) is 5.30. The van der Waals surface area contributed by atoms with Gasteiger partial charge in [0.1, 0.15) is 4.88 Å². The van der Waals surface area contributed by atoms with Crippen LogP contribution in [0.15, 0.2) is 5.38 Å². The number of aromatic carboxylic acids is 1. The fourth-order valence-corrected chi connectivity index (χ4v) is 1.87. The Morgan fingerprint density at radius 2 is 2.07 bits per heavy atom. The highest BCUT2D eigenvalue weighted by Gasteiger charge is 2.18. The highest BCUT2D eigenvalue weighted by atomic mass is 32.1. The number of thiophene rings is 1. The van der Waals surface area contributed by atoms with E-state index in [0.29, 0.717) is 5.69 Å². The Hall–Kier alpha value is -1.36. The van der Waals surface area contributed by atoms with Crippen molar-refractivity contribution in [2.75, 3.05) is 5.32 Å². The minimum Gasteiger partial charge on any atom is -0.477 e. The summed E-state index contributed by atoms with van der Waals surface area (Å²) < 4.78 is 0. The van der Waals surface area contributed by atoms with Gasteiger partial charge >= 0.3 is 5.97 Å². The first kappa shape index (κ1) is 11.7. The number of hydrogen-bond donors (Lipinski definition) is 2. The molecular weight excluding hydrogens is 214 g/mol. The molecule has 0 atom stereocenters. The van der Waals surface area contributed by atoms with Crippen molar-refractivity contribution in [3.05, 3.63) is 15.8 Å². The lowest BCUT2D eigenvalue weighted by Gasteiger charge is -2.08. The Morgan fingerprint density at radius 1 is 1.47 bits per heavy atom. The van der Waals surface area contributed by atoms with Crippen molar-refractivity contribution in [1.29, 1.82) is 0 Å². The quantitative estimate of drug-likeness (QED) is 0.833. The molecule has 0 aliphatic rings. The van der Waals surface area contributed by atoms with E-state index in [4.69, 9.17) is 5.11 Å². The van der Waals surface area contributed by atoms with Gasteiger partial charge in [0.15, 0.2) is 0 Å². The van der Waals surface area contributed by atoms with Crippen LogP contribution in [0.2, 0.25) is 0 Å². The second-order valence-corrected chi connectivity index (χ2v) is 4.45. The van der Waals surface area contributed by atoms with Crippen molar-refractivity contribution in [2.24, 2.45) is 5.92 Å².